The molecule has 1 aromatic carbocycles. The number of carbonyl (C=O) groups is 1. The van der Waals surface area contributed by atoms with E-state index in [1.54, 1.807) is 11.8 Å². The first kappa shape index (κ1) is 14.1. The highest BCUT2D eigenvalue weighted by atomic mass is 32.2. The van der Waals surface area contributed by atoms with Crippen LogP contribution in [0.15, 0.2) is 24.3 Å². The van der Waals surface area contributed by atoms with Crippen molar-refractivity contribution in [2.45, 2.75) is 25.1 Å². The Kier molecular flexibility index (Phi) is 6.08. The third-order valence-corrected chi connectivity index (χ3v) is 3.20. The Balaban J connectivity index is 2.63. The van der Waals surface area contributed by atoms with Crippen molar-refractivity contribution < 1.29 is 9.90 Å². The lowest BCUT2D eigenvalue weighted by Crippen LogP contribution is -2.36. The van der Waals surface area contributed by atoms with Gasteiger partial charge >= 0.3 is 0 Å². The predicted molar refractivity (Wildman–Crippen MR) is 72.3 cm³/mol. The van der Waals surface area contributed by atoms with Gasteiger partial charge < -0.3 is 10.4 Å². The van der Waals surface area contributed by atoms with Crippen molar-refractivity contribution >= 4 is 17.7 Å². The molecule has 0 fully saturated rings. The SMILES string of the molecule is CC[C@H](CO)NC(=O)c1ccc(CSC)cc1. The summed E-state index contributed by atoms with van der Waals surface area (Å²) in [4.78, 5) is 11.8. The minimum absolute atomic E-state index is 0.0210. The van der Waals surface area contributed by atoms with Crippen molar-refractivity contribution in [2.24, 2.45) is 0 Å². The summed E-state index contributed by atoms with van der Waals surface area (Å²) >= 11 is 1.75. The van der Waals surface area contributed by atoms with Crippen molar-refractivity contribution in [1.29, 1.82) is 0 Å². The number of hydrogen-bond donors (Lipinski definition) is 2. The molecule has 3 nitrogen and oxygen atoms in total. The van der Waals surface area contributed by atoms with Gasteiger partial charge in [-0.15, -0.1) is 0 Å². The first-order valence-corrected chi connectivity index (χ1v) is 7.10. The molecule has 1 rings (SSSR count). The van der Waals surface area contributed by atoms with Crippen molar-refractivity contribution in [3.05, 3.63) is 35.4 Å². The van der Waals surface area contributed by atoms with Crippen LogP contribution in [-0.4, -0.2) is 29.9 Å². The van der Waals surface area contributed by atoms with Gasteiger partial charge in [-0.1, -0.05) is 19.1 Å². The van der Waals surface area contributed by atoms with Gasteiger partial charge in [-0.2, -0.15) is 11.8 Å². The van der Waals surface area contributed by atoms with E-state index in [2.05, 4.69) is 5.32 Å². The Morgan fingerprint density at radius 3 is 2.53 bits per heavy atom. The van der Waals surface area contributed by atoms with Crippen LogP contribution in [-0.2, 0) is 5.75 Å². The van der Waals surface area contributed by atoms with Crippen LogP contribution in [0.25, 0.3) is 0 Å². The summed E-state index contributed by atoms with van der Waals surface area (Å²) in [6, 6.07) is 7.42. The first-order valence-electron chi connectivity index (χ1n) is 5.70. The van der Waals surface area contributed by atoms with E-state index in [1.807, 2.05) is 37.4 Å². The molecule has 0 heterocycles. The second-order valence-corrected chi connectivity index (χ2v) is 4.76. The van der Waals surface area contributed by atoms with E-state index in [-0.39, 0.29) is 18.6 Å². The Bertz CT molecular complexity index is 347. The van der Waals surface area contributed by atoms with Crippen molar-refractivity contribution in [1.82, 2.24) is 5.32 Å². The van der Waals surface area contributed by atoms with Gasteiger partial charge in [0.05, 0.1) is 12.6 Å². The molecule has 17 heavy (non-hydrogen) atoms. The molecule has 0 aliphatic rings. The van der Waals surface area contributed by atoms with Gasteiger partial charge in [-0.3, -0.25) is 4.79 Å². The standard InChI is InChI=1S/C13H19NO2S/c1-3-12(8-15)14-13(16)11-6-4-10(5-7-11)9-17-2/h4-7,12,15H,3,8-9H2,1-2H3,(H,14,16)/t12-/m1/s1. The highest BCUT2D eigenvalue weighted by Gasteiger charge is 2.10. The van der Waals surface area contributed by atoms with E-state index >= 15 is 0 Å². The number of benzene rings is 1. The molecule has 1 amide bonds. The lowest BCUT2D eigenvalue weighted by molar-refractivity contribution is 0.0915. The van der Waals surface area contributed by atoms with Crippen LogP contribution < -0.4 is 5.32 Å². The highest BCUT2D eigenvalue weighted by Crippen LogP contribution is 2.10. The number of amides is 1. The van der Waals surface area contributed by atoms with Gasteiger partial charge in [-0.05, 0) is 30.4 Å². The number of rotatable bonds is 6. The fourth-order valence-corrected chi connectivity index (χ4v) is 1.99. The minimum Gasteiger partial charge on any atom is -0.394 e. The van der Waals surface area contributed by atoms with Gasteiger partial charge in [0, 0.05) is 11.3 Å². The molecule has 0 radical (unpaired) electrons. The van der Waals surface area contributed by atoms with E-state index in [1.165, 1.54) is 5.56 Å². The van der Waals surface area contributed by atoms with Gasteiger partial charge in [0.25, 0.3) is 5.91 Å². The fourth-order valence-electron chi connectivity index (χ4n) is 1.46. The van der Waals surface area contributed by atoms with Crippen LogP contribution in [0, 0.1) is 0 Å². The lowest BCUT2D eigenvalue weighted by Gasteiger charge is -2.14. The largest absolute Gasteiger partial charge is 0.394 e. The topological polar surface area (TPSA) is 49.3 Å². The monoisotopic (exact) mass is 253 g/mol. The Morgan fingerprint density at radius 2 is 2.06 bits per heavy atom. The van der Waals surface area contributed by atoms with E-state index in [0.29, 0.717) is 5.56 Å². The number of hydrogen-bond acceptors (Lipinski definition) is 3. The Morgan fingerprint density at radius 1 is 1.41 bits per heavy atom. The van der Waals surface area contributed by atoms with E-state index in [4.69, 9.17) is 5.11 Å². The van der Waals surface area contributed by atoms with Crippen LogP contribution in [0.5, 0.6) is 0 Å². The fraction of sp³-hybridized carbons (Fsp3) is 0.462. The summed E-state index contributed by atoms with van der Waals surface area (Å²) in [6.07, 6.45) is 2.78. The molecule has 0 aliphatic heterocycles. The molecule has 0 saturated carbocycles. The number of thioether (sulfide) groups is 1. The van der Waals surface area contributed by atoms with Crippen LogP contribution in [0.4, 0.5) is 0 Å². The summed E-state index contributed by atoms with van der Waals surface area (Å²) < 4.78 is 0. The van der Waals surface area contributed by atoms with E-state index in [9.17, 15) is 4.79 Å². The maximum Gasteiger partial charge on any atom is 0.251 e. The number of aliphatic hydroxyl groups is 1. The van der Waals surface area contributed by atoms with Gasteiger partial charge in [0.2, 0.25) is 0 Å². The second kappa shape index (κ2) is 7.35. The lowest BCUT2D eigenvalue weighted by atomic mass is 10.1. The molecule has 0 unspecified atom stereocenters. The number of nitrogens with one attached hydrogen (secondary N) is 1. The highest BCUT2D eigenvalue weighted by molar-refractivity contribution is 7.97. The summed E-state index contributed by atoms with van der Waals surface area (Å²) in [5.41, 5.74) is 1.85. The third-order valence-electron chi connectivity index (χ3n) is 2.58. The normalized spacial score (nSPS) is 12.2. The smallest absolute Gasteiger partial charge is 0.251 e. The maximum absolute atomic E-state index is 11.8. The summed E-state index contributed by atoms with van der Waals surface area (Å²) in [5, 5.41) is 11.8. The van der Waals surface area contributed by atoms with Crippen LogP contribution in [0.2, 0.25) is 0 Å². The third kappa shape index (κ3) is 4.40. The van der Waals surface area contributed by atoms with E-state index in [0.717, 1.165) is 12.2 Å². The Labute approximate surface area is 107 Å². The van der Waals surface area contributed by atoms with Crippen molar-refractivity contribution in [3.8, 4) is 0 Å². The molecule has 1 atom stereocenters. The quantitative estimate of drug-likeness (QED) is 0.816. The van der Waals surface area contributed by atoms with Gasteiger partial charge in [-0.25, -0.2) is 0 Å². The molecule has 0 bridgehead atoms. The molecular formula is C13H19NO2S. The molecule has 0 spiro atoms. The zero-order valence-corrected chi connectivity index (χ0v) is 11.1. The number of carbonyl (C=O) groups excluding carboxylic acids is 1. The molecule has 0 saturated heterocycles. The van der Waals surface area contributed by atoms with Crippen LogP contribution >= 0.6 is 11.8 Å². The van der Waals surface area contributed by atoms with Gasteiger partial charge in [0.15, 0.2) is 0 Å². The summed E-state index contributed by atoms with van der Waals surface area (Å²) in [7, 11) is 0. The average molecular weight is 253 g/mol. The predicted octanol–water partition coefficient (Wildman–Crippen LogP) is 2.05. The molecular weight excluding hydrogens is 234 g/mol. The zero-order chi connectivity index (χ0) is 12.7. The summed E-state index contributed by atoms with van der Waals surface area (Å²) in [5.74, 6) is 0.831. The molecule has 0 aromatic heterocycles. The van der Waals surface area contributed by atoms with Crippen LogP contribution in [0.3, 0.4) is 0 Å². The molecule has 94 valence electrons. The second-order valence-electron chi connectivity index (χ2n) is 3.89. The molecule has 4 heteroatoms. The zero-order valence-electron chi connectivity index (χ0n) is 10.3. The summed E-state index contributed by atoms with van der Waals surface area (Å²) in [6.45, 7) is 1.91. The maximum atomic E-state index is 11.8. The molecule has 1 aromatic rings. The van der Waals surface area contributed by atoms with Crippen LogP contribution in [0.1, 0.15) is 29.3 Å². The van der Waals surface area contributed by atoms with E-state index < -0.39 is 0 Å². The first-order chi connectivity index (χ1) is 8.21. The number of aliphatic hydroxyl groups excluding tert-OH is 1. The molecule has 0 aliphatic carbocycles. The minimum atomic E-state index is -0.159. The van der Waals surface area contributed by atoms with Crippen molar-refractivity contribution in [3.63, 3.8) is 0 Å². The Hall–Kier alpha value is -1.00. The van der Waals surface area contributed by atoms with Crippen molar-refractivity contribution in [2.75, 3.05) is 12.9 Å². The molecule has 2 N–H and O–H groups in total. The average Bonchev–Trinajstić information content (AvgIpc) is 2.37. The van der Waals surface area contributed by atoms with Gasteiger partial charge in [0.1, 0.15) is 0 Å².